The summed E-state index contributed by atoms with van der Waals surface area (Å²) in [5, 5.41) is 0. The quantitative estimate of drug-likeness (QED) is 0.467. The third-order valence-corrected chi connectivity index (χ3v) is 3.73. The zero-order valence-corrected chi connectivity index (χ0v) is 13.1. The SMILES string of the molecule is COC(=O)C(C(C)=O)C(C(=O)c1ccccc1)c1ccccc1. The minimum atomic E-state index is -1.16. The highest BCUT2D eigenvalue weighted by Crippen LogP contribution is 2.30. The standard InChI is InChI=1S/C19H18O4/c1-13(20)16(19(22)23-2)17(14-9-5-3-6-10-14)18(21)15-11-7-4-8-12-15/h3-12,16-17H,1-2H3. The first-order valence-electron chi connectivity index (χ1n) is 7.28. The molecule has 118 valence electrons. The summed E-state index contributed by atoms with van der Waals surface area (Å²) < 4.78 is 4.75. The molecule has 23 heavy (non-hydrogen) atoms. The Morgan fingerprint density at radius 2 is 1.39 bits per heavy atom. The van der Waals surface area contributed by atoms with Crippen LogP contribution in [0.15, 0.2) is 60.7 Å². The van der Waals surface area contributed by atoms with Crippen LogP contribution in [0.5, 0.6) is 0 Å². The van der Waals surface area contributed by atoms with Gasteiger partial charge in [0.1, 0.15) is 11.7 Å². The summed E-state index contributed by atoms with van der Waals surface area (Å²) in [6.07, 6.45) is 0. The van der Waals surface area contributed by atoms with Gasteiger partial charge in [-0.25, -0.2) is 0 Å². The Balaban J connectivity index is 2.54. The number of hydrogen-bond donors (Lipinski definition) is 0. The third kappa shape index (κ3) is 3.72. The van der Waals surface area contributed by atoms with E-state index in [-0.39, 0.29) is 5.78 Å². The topological polar surface area (TPSA) is 60.4 Å². The Bertz CT molecular complexity index is 692. The number of rotatable bonds is 6. The minimum absolute atomic E-state index is 0.276. The maximum atomic E-state index is 13.0. The van der Waals surface area contributed by atoms with Crippen LogP contribution < -0.4 is 0 Å². The van der Waals surface area contributed by atoms with Crippen molar-refractivity contribution in [1.29, 1.82) is 0 Å². The molecule has 2 unspecified atom stereocenters. The number of Topliss-reactive ketones (excluding diaryl/α,β-unsaturated/α-hetero) is 2. The van der Waals surface area contributed by atoms with Crippen molar-refractivity contribution in [2.45, 2.75) is 12.8 Å². The lowest BCUT2D eigenvalue weighted by atomic mass is 9.78. The lowest BCUT2D eigenvalue weighted by Gasteiger charge is -2.22. The summed E-state index contributed by atoms with van der Waals surface area (Å²) in [6.45, 7) is 1.30. The summed E-state index contributed by atoms with van der Waals surface area (Å²) in [7, 11) is 1.22. The van der Waals surface area contributed by atoms with Crippen LogP contribution in [0.1, 0.15) is 28.8 Å². The van der Waals surface area contributed by atoms with Crippen molar-refractivity contribution in [2.75, 3.05) is 7.11 Å². The lowest BCUT2D eigenvalue weighted by Crippen LogP contribution is -2.34. The second kappa shape index (κ2) is 7.49. The summed E-state index contributed by atoms with van der Waals surface area (Å²) in [4.78, 5) is 37.1. The number of methoxy groups -OCH3 is 1. The van der Waals surface area contributed by atoms with Crippen LogP contribution in [0, 0.1) is 5.92 Å². The van der Waals surface area contributed by atoms with E-state index in [1.807, 2.05) is 6.07 Å². The maximum absolute atomic E-state index is 13.0. The molecule has 0 aliphatic carbocycles. The van der Waals surface area contributed by atoms with E-state index in [1.165, 1.54) is 14.0 Å². The van der Waals surface area contributed by atoms with E-state index in [0.717, 1.165) is 0 Å². The van der Waals surface area contributed by atoms with Gasteiger partial charge in [0.15, 0.2) is 5.78 Å². The van der Waals surface area contributed by atoms with E-state index >= 15 is 0 Å². The molecule has 4 heteroatoms. The Morgan fingerprint density at radius 3 is 1.87 bits per heavy atom. The van der Waals surface area contributed by atoms with Gasteiger partial charge in [-0.2, -0.15) is 0 Å². The summed E-state index contributed by atoms with van der Waals surface area (Å²) >= 11 is 0. The second-order valence-corrected chi connectivity index (χ2v) is 5.23. The van der Waals surface area contributed by atoms with E-state index in [1.54, 1.807) is 54.6 Å². The van der Waals surface area contributed by atoms with Crippen LogP contribution in [-0.2, 0) is 14.3 Å². The first-order chi connectivity index (χ1) is 11.1. The number of carbonyl (C=O) groups is 3. The number of hydrogen-bond acceptors (Lipinski definition) is 4. The van der Waals surface area contributed by atoms with E-state index in [4.69, 9.17) is 4.74 Å². The van der Waals surface area contributed by atoms with Crippen LogP contribution in [0.3, 0.4) is 0 Å². The molecule has 0 aromatic heterocycles. The van der Waals surface area contributed by atoms with Gasteiger partial charge in [0.2, 0.25) is 0 Å². The largest absolute Gasteiger partial charge is 0.468 e. The molecule has 0 bridgehead atoms. The molecule has 0 aliphatic heterocycles. The maximum Gasteiger partial charge on any atom is 0.317 e. The molecule has 0 amide bonds. The van der Waals surface area contributed by atoms with Crippen LogP contribution in [0.4, 0.5) is 0 Å². The number of carbonyl (C=O) groups excluding carboxylic acids is 3. The molecule has 0 fully saturated rings. The fourth-order valence-electron chi connectivity index (χ4n) is 2.60. The zero-order chi connectivity index (χ0) is 16.8. The fourth-order valence-corrected chi connectivity index (χ4v) is 2.60. The molecule has 4 nitrogen and oxygen atoms in total. The highest BCUT2D eigenvalue weighted by atomic mass is 16.5. The predicted molar refractivity (Wildman–Crippen MR) is 86.1 cm³/mol. The van der Waals surface area contributed by atoms with Crippen molar-refractivity contribution in [1.82, 2.24) is 0 Å². The predicted octanol–water partition coefficient (Wildman–Crippen LogP) is 3.03. The molecule has 2 rings (SSSR count). The van der Waals surface area contributed by atoms with Crippen molar-refractivity contribution in [2.24, 2.45) is 5.92 Å². The lowest BCUT2D eigenvalue weighted by molar-refractivity contribution is -0.149. The molecule has 2 aromatic rings. The van der Waals surface area contributed by atoms with Crippen molar-refractivity contribution >= 4 is 17.5 Å². The number of benzene rings is 2. The fraction of sp³-hybridized carbons (Fsp3) is 0.211. The van der Waals surface area contributed by atoms with Crippen LogP contribution in [0.25, 0.3) is 0 Å². The summed E-state index contributed by atoms with van der Waals surface area (Å²) in [5.41, 5.74) is 1.07. The van der Waals surface area contributed by atoms with Crippen LogP contribution >= 0.6 is 0 Å². The highest BCUT2D eigenvalue weighted by molar-refractivity contribution is 6.09. The molecule has 0 saturated heterocycles. The van der Waals surface area contributed by atoms with Gasteiger partial charge in [0.25, 0.3) is 0 Å². The summed E-state index contributed by atoms with van der Waals surface area (Å²) in [6, 6.07) is 17.5. The smallest absolute Gasteiger partial charge is 0.317 e. The molecule has 0 N–H and O–H groups in total. The molecule has 0 heterocycles. The van der Waals surface area contributed by atoms with Gasteiger partial charge >= 0.3 is 5.97 Å². The van der Waals surface area contributed by atoms with Crippen molar-refractivity contribution in [3.8, 4) is 0 Å². The number of ketones is 2. The molecule has 2 aromatic carbocycles. The Hall–Kier alpha value is -2.75. The van der Waals surface area contributed by atoms with Crippen LogP contribution in [0.2, 0.25) is 0 Å². The van der Waals surface area contributed by atoms with E-state index in [0.29, 0.717) is 11.1 Å². The normalized spacial score (nSPS) is 13.0. The molecule has 0 radical (unpaired) electrons. The Kier molecular flexibility index (Phi) is 5.41. The zero-order valence-electron chi connectivity index (χ0n) is 13.1. The number of ether oxygens (including phenoxy) is 1. The molecular weight excluding hydrogens is 292 g/mol. The van der Waals surface area contributed by atoms with Gasteiger partial charge in [0.05, 0.1) is 13.0 Å². The van der Waals surface area contributed by atoms with E-state index < -0.39 is 23.6 Å². The van der Waals surface area contributed by atoms with Crippen LogP contribution in [-0.4, -0.2) is 24.6 Å². The Morgan fingerprint density at radius 1 is 0.870 bits per heavy atom. The number of esters is 1. The first-order valence-corrected chi connectivity index (χ1v) is 7.28. The average Bonchev–Trinajstić information content (AvgIpc) is 2.59. The molecular formula is C19H18O4. The summed E-state index contributed by atoms with van der Waals surface area (Å²) in [5.74, 6) is -3.42. The minimum Gasteiger partial charge on any atom is -0.468 e. The highest BCUT2D eigenvalue weighted by Gasteiger charge is 2.39. The van der Waals surface area contributed by atoms with Crippen molar-refractivity contribution in [3.63, 3.8) is 0 Å². The molecule has 0 saturated carbocycles. The molecule has 0 aliphatic rings. The Labute approximate surface area is 135 Å². The van der Waals surface area contributed by atoms with Gasteiger partial charge in [-0.15, -0.1) is 0 Å². The van der Waals surface area contributed by atoms with Gasteiger partial charge in [0, 0.05) is 5.56 Å². The van der Waals surface area contributed by atoms with Gasteiger partial charge in [-0.1, -0.05) is 60.7 Å². The van der Waals surface area contributed by atoms with E-state index in [9.17, 15) is 14.4 Å². The van der Waals surface area contributed by atoms with Gasteiger partial charge in [-0.05, 0) is 12.5 Å². The molecule has 2 atom stereocenters. The van der Waals surface area contributed by atoms with E-state index in [2.05, 4.69) is 0 Å². The molecule has 0 spiro atoms. The average molecular weight is 310 g/mol. The second-order valence-electron chi connectivity index (χ2n) is 5.23. The van der Waals surface area contributed by atoms with Crippen molar-refractivity contribution in [3.05, 3.63) is 71.8 Å². The first kappa shape index (κ1) is 16.6. The van der Waals surface area contributed by atoms with Gasteiger partial charge in [-0.3, -0.25) is 14.4 Å². The van der Waals surface area contributed by atoms with Gasteiger partial charge < -0.3 is 4.74 Å². The van der Waals surface area contributed by atoms with Crippen molar-refractivity contribution < 1.29 is 19.1 Å². The monoisotopic (exact) mass is 310 g/mol. The third-order valence-electron chi connectivity index (χ3n) is 3.73.